The third-order valence-corrected chi connectivity index (χ3v) is 7.01. The summed E-state index contributed by atoms with van der Waals surface area (Å²) in [5.74, 6) is -0.231. The van der Waals surface area contributed by atoms with Crippen LogP contribution in [-0.2, 0) is 21.4 Å². The van der Waals surface area contributed by atoms with E-state index in [-0.39, 0.29) is 11.5 Å². The van der Waals surface area contributed by atoms with Gasteiger partial charge >= 0.3 is 10.0 Å². The van der Waals surface area contributed by atoms with Crippen LogP contribution in [0.15, 0.2) is 55.0 Å². The molecule has 0 aliphatic carbocycles. The molecule has 2 N–H and O–H groups in total. The van der Waals surface area contributed by atoms with Crippen molar-refractivity contribution >= 4 is 43.4 Å². The van der Waals surface area contributed by atoms with Crippen molar-refractivity contribution in [3.63, 3.8) is 0 Å². The van der Waals surface area contributed by atoms with E-state index in [4.69, 9.17) is 0 Å². The number of hydrogen-bond acceptors (Lipinski definition) is 4. The molecule has 3 aromatic rings. The van der Waals surface area contributed by atoms with Gasteiger partial charge in [-0.1, -0.05) is 18.3 Å². The van der Waals surface area contributed by atoms with Gasteiger partial charge in [-0.05, 0) is 29.6 Å². The van der Waals surface area contributed by atoms with Crippen LogP contribution in [0, 0.1) is 11.4 Å². The standard InChI is InChI=1S/C19H17N3O3S2/c1-2-27(24,25)22-11-15(14-7-3-4-8-17(14)22)18(23)16-12-26-19(21-16)13-6-5-9-20-10-13/h3-12H,2,21H2,1H3. The number of hydrogen-bond donors (Lipinski definition) is 1. The predicted octanol–water partition coefficient (Wildman–Crippen LogP) is 0.153. The van der Waals surface area contributed by atoms with Gasteiger partial charge in [0.2, 0.25) is 0 Å². The van der Waals surface area contributed by atoms with Crippen molar-refractivity contribution in [3.05, 3.63) is 77.5 Å². The zero-order valence-electron chi connectivity index (χ0n) is 14.5. The summed E-state index contributed by atoms with van der Waals surface area (Å²) in [4.78, 5) is 17.2. The lowest BCUT2D eigenvalue weighted by molar-refractivity contribution is -0.580. The smallest absolute Gasteiger partial charge is 0.345 e. The number of Topliss-reactive ketones (excluding diaryl/α,β-unsaturated/α-hetero) is 1. The van der Waals surface area contributed by atoms with Crippen LogP contribution in [0.25, 0.3) is 10.9 Å². The van der Waals surface area contributed by atoms with Crippen molar-refractivity contribution in [3.8, 4) is 0 Å². The molecule has 138 valence electrons. The number of benzene rings is 1. The minimum absolute atomic E-state index is 0.0388. The van der Waals surface area contributed by atoms with Gasteiger partial charge in [0.25, 0.3) is 5.37 Å². The van der Waals surface area contributed by atoms with E-state index in [9.17, 15) is 13.2 Å². The molecule has 1 aliphatic rings. The Morgan fingerprint density at radius 3 is 2.89 bits per heavy atom. The van der Waals surface area contributed by atoms with Crippen molar-refractivity contribution in [1.29, 1.82) is 0 Å². The van der Waals surface area contributed by atoms with Gasteiger partial charge in [0.15, 0.2) is 22.2 Å². The molecular weight excluding hydrogens is 382 g/mol. The molecule has 0 unspecified atom stereocenters. The van der Waals surface area contributed by atoms with Crippen LogP contribution in [0.4, 0.5) is 0 Å². The van der Waals surface area contributed by atoms with Gasteiger partial charge in [-0.3, -0.25) is 0 Å². The fraction of sp³-hybridized carbons (Fsp3) is 0.105. The summed E-state index contributed by atoms with van der Waals surface area (Å²) in [7, 11) is -3.50. The minimum Gasteiger partial charge on any atom is -0.345 e. The summed E-state index contributed by atoms with van der Waals surface area (Å²) in [6.07, 6.45) is 4.89. The minimum atomic E-state index is -3.50. The maximum absolute atomic E-state index is 13.1. The fourth-order valence-electron chi connectivity index (χ4n) is 2.97. The normalized spacial score (nSPS) is 14.3. The van der Waals surface area contributed by atoms with Crippen molar-refractivity contribution < 1.29 is 22.5 Å². The summed E-state index contributed by atoms with van der Waals surface area (Å²) in [5, 5.41) is 5.19. The first-order valence-corrected chi connectivity index (χ1v) is 10.9. The molecule has 4 rings (SSSR count). The molecule has 6 nitrogen and oxygen atoms in total. The number of nitrogens with two attached hydrogens (primary N) is 1. The largest absolute Gasteiger partial charge is 0.356 e. The topological polar surface area (TPSA) is 84.6 Å². The molecule has 0 amide bonds. The third kappa shape index (κ3) is 3.12. The van der Waals surface area contributed by atoms with Crippen LogP contribution in [0.3, 0.4) is 0 Å². The summed E-state index contributed by atoms with van der Waals surface area (Å²) in [5.41, 5.74) is 1.85. The van der Waals surface area contributed by atoms with Gasteiger partial charge in [-0.25, -0.2) is 0 Å². The quantitative estimate of drug-likeness (QED) is 0.218. The molecule has 27 heavy (non-hydrogen) atoms. The van der Waals surface area contributed by atoms with Crippen LogP contribution in [0.5, 0.6) is 0 Å². The van der Waals surface area contributed by atoms with Crippen LogP contribution in [0.2, 0.25) is 0 Å². The van der Waals surface area contributed by atoms with E-state index < -0.39 is 10.0 Å². The molecule has 2 aromatic heterocycles. The Morgan fingerprint density at radius 1 is 1.30 bits per heavy atom. The summed E-state index contributed by atoms with van der Waals surface area (Å²) >= 11 is 1.46. The van der Waals surface area contributed by atoms with Gasteiger partial charge in [0.1, 0.15) is 17.7 Å². The Morgan fingerprint density at radius 2 is 2.15 bits per heavy atom. The SMILES string of the molecule is CCS(=O)(=O)[n+]1cc(C(=O)[C-]2C=[S+][C-](c3cccnc3)[NH2+]2)c2cccc[c-]21. The molecule has 0 fully saturated rings. The number of fused-ring (bicyclic) bond motifs is 1. The number of quaternary nitrogens is 1. The first-order chi connectivity index (χ1) is 13.0. The lowest BCUT2D eigenvalue weighted by Gasteiger charge is -2.12. The number of rotatable bonds is 5. The fourth-order valence-corrected chi connectivity index (χ4v) is 4.85. The molecule has 1 aromatic carbocycles. The molecule has 0 bridgehead atoms. The van der Waals surface area contributed by atoms with Gasteiger partial charge in [-0.15, -0.1) is 24.3 Å². The zero-order chi connectivity index (χ0) is 19.0. The highest BCUT2D eigenvalue weighted by atomic mass is 32.2. The first kappa shape index (κ1) is 17.7. The zero-order valence-corrected chi connectivity index (χ0v) is 16.1. The van der Waals surface area contributed by atoms with Crippen molar-refractivity contribution in [1.82, 2.24) is 4.98 Å². The number of carbonyl (C=O) groups excluding carboxylic acids is 1. The van der Waals surface area contributed by atoms with E-state index in [1.54, 1.807) is 49.0 Å². The van der Waals surface area contributed by atoms with Crippen LogP contribution in [0.1, 0.15) is 22.8 Å². The molecule has 0 radical (unpaired) electrons. The number of ketones is 1. The number of pyridine rings is 1. The number of para-hydroxylation sites is 1. The Labute approximate surface area is 161 Å². The highest BCUT2D eigenvalue weighted by molar-refractivity contribution is 7.85. The second kappa shape index (κ2) is 6.80. The average Bonchev–Trinajstić information content (AvgIpc) is 3.34. The van der Waals surface area contributed by atoms with Crippen LogP contribution in [-0.4, -0.2) is 30.3 Å². The van der Waals surface area contributed by atoms with Gasteiger partial charge in [0, 0.05) is 0 Å². The maximum Gasteiger partial charge on any atom is 0.356 e. The summed E-state index contributed by atoms with van der Waals surface area (Å²) in [6, 6.07) is 11.4. The second-order valence-electron chi connectivity index (χ2n) is 6.03. The molecule has 8 heteroatoms. The third-order valence-electron chi connectivity index (χ3n) is 4.39. The van der Waals surface area contributed by atoms with E-state index in [0.29, 0.717) is 22.5 Å². The molecule has 0 atom stereocenters. The number of nitrogens with zero attached hydrogens (tertiary/aromatic N) is 2. The van der Waals surface area contributed by atoms with E-state index in [1.165, 1.54) is 21.5 Å². The second-order valence-corrected chi connectivity index (χ2v) is 9.07. The van der Waals surface area contributed by atoms with Crippen molar-refractivity contribution in [2.45, 2.75) is 6.92 Å². The van der Waals surface area contributed by atoms with E-state index in [2.05, 4.69) is 4.98 Å². The highest BCUT2D eigenvalue weighted by Gasteiger charge is 2.34. The van der Waals surface area contributed by atoms with Gasteiger partial charge in [-0.2, -0.15) is 12.4 Å². The van der Waals surface area contributed by atoms with Crippen LogP contribution < -0.4 is 9.29 Å². The van der Waals surface area contributed by atoms with Crippen molar-refractivity contribution in [2.24, 2.45) is 0 Å². The molecule has 0 saturated heterocycles. The van der Waals surface area contributed by atoms with E-state index >= 15 is 0 Å². The Hall–Kier alpha value is -2.68. The Bertz CT molecular complexity index is 1140. The molecule has 1 aliphatic heterocycles. The molecule has 3 heterocycles. The summed E-state index contributed by atoms with van der Waals surface area (Å²) < 4.78 is 26.1. The monoisotopic (exact) mass is 399 g/mol. The highest BCUT2D eigenvalue weighted by Crippen LogP contribution is 2.21. The first-order valence-electron chi connectivity index (χ1n) is 8.38. The molecule has 0 saturated carbocycles. The lowest BCUT2D eigenvalue weighted by atomic mass is 10.0. The molecular formula is C19H17N3O3S2. The van der Waals surface area contributed by atoms with Gasteiger partial charge in [0.05, 0.1) is 6.04 Å². The van der Waals surface area contributed by atoms with Crippen LogP contribution >= 0.6 is 0 Å². The number of carbonyl (C=O) groups is 1. The van der Waals surface area contributed by atoms with E-state index in [0.717, 1.165) is 10.9 Å². The Kier molecular flexibility index (Phi) is 4.47. The van der Waals surface area contributed by atoms with Crippen molar-refractivity contribution in [2.75, 3.05) is 5.75 Å². The predicted molar refractivity (Wildman–Crippen MR) is 104 cm³/mol. The maximum atomic E-state index is 13.1. The Balaban J connectivity index is 1.69. The summed E-state index contributed by atoms with van der Waals surface area (Å²) in [6.45, 7) is 1.59. The average molecular weight is 399 g/mol. The number of aromatic nitrogens is 2. The van der Waals surface area contributed by atoms with Gasteiger partial charge < -0.3 is 15.1 Å². The lowest BCUT2D eigenvalue weighted by Crippen LogP contribution is -2.86. The molecule has 0 spiro atoms. The van der Waals surface area contributed by atoms with E-state index in [1.807, 2.05) is 17.4 Å².